The average Bonchev–Trinajstić information content (AvgIpc) is 2.96. The molecule has 0 saturated carbocycles. The van der Waals surface area contributed by atoms with Crippen LogP contribution in [0.4, 0.5) is 0 Å². The smallest absolute Gasteiger partial charge is 0.126 e. The molecule has 3 nitrogen and oxygen atoms in total. The number of imidazole rings is 1. The Morgan fingerprint density at radius 3 is 3.06 bits per heavy atom. The molecule has 2 aromatic heterocycles. The van der Waals surface area contributed by atoms with Gasteiger partial charge in [0.1, 0.15) is 5.82 Å². The van der Waals surface area contributed by atoms with Crippen molar-refractivity contribution in [2.75, 3.05) is 7.05 Å². The van der Waals surface area contributed by atoms with E-state index in [-0.39, 0.29) is 0 Å². The molecule has 86 valence electrons. The van der Waals surface area contributed by atoms with Crippen molar-refractivity contribution >= 4 is 11.3 Å². The highest BCUT2D eigenvalue weighted by atomic mass is 32.1. The molecule has 0 bridgehead atoms. The van der Waals surface area contributed by atoms with Crippen molar-refractivity contribution in [2.45, 2.75) is 25.9 Å². The van der Waals surface area contributed by atoms with E-state index in [1.807, 2.05) is 19.4 Å². The first-order valence-corrected chi connectivity index (χ1v) is 6.43. The molecule has 0 aliphatic heterocycles. The zero-order valence-electron chi connectivity index (χ0n) is 9.68. The molecular weight excluding hydrogens is 218 g/mol. The topological polar surface area (TPSA) is 29.9 Å². The number of hydrogen-bond donors (Lipinski definition) is 1. The van der Waals surface area contributed by atoms with Crippen LogP contribution in [0.25, 0.3) is 0 Å². The molecular formula is C12H17N3S. The fourth-order valence-corrected chi connectivity index (χ4v) is 2.60. The van der Waals surface area contributed by atoms with E-state index in [2.05, 4.69) is 39.3 Å². The molecule has 2 heterocycles. The summed E-state index contributed by atoms with van der Waals surface area (Å²) in [6.07, 6.45) is 4.91. The zero-order valence-corrected chi connectivity index (χ0v) is 10.5. The van der Waals surface area contributed by atoms with Gasteiger partial charge in [-0.1, -0.05) is 6.07 Å². The zero-order chi connectivity index (χ0) is 11.4. The Hall–Kier alpha value is -1.13. The van der Waals surface area contributed by atoms with Gasteiger partial charge in [0.2, 0.25) is 0 Å². The van der Waals surface area contributed by atoms with Crippen LogP contribution in [0.2, 0.25) is 0 Å². The molecule has 0 fully saturated rings. The van der Waals surface area contributed by atoms with Gasteiger partial charge in [-0.3, -0.25) is 0 Å². The Bertz CT molecular complexity index is 419. The first-order chi connectivity index (χ1) is 7.85. The molecule has 0 saturated heterocycles. The maximum atomic E-state index is 4.44. The normalized spacial score (nSPS) is 12.9. The quantitative estimate of drug-likeness (QED) is 0.863. The summed E-state index contributed by atoms with van der Waals surface area (Å²) in [6, 6.07) is 4.57. The predicted molar refractivity (Wildman–Crippen MR) is 67.7 cm³/mol. The van der Waals surface area contributed by atoms with Crippen LogP contribution >= 0.6 is 11.3 Å². The predicted octanol–water partition coefficient (Wildman–Crippen LogP) is 2.47. The van der Waals surface area contributed by atoms with E-state index in [1.54, 1.807) is 11.3 Å². The minimum Gasteiger partial charge on any atom is -0.334 e. The summed E-state index contributed by atoms with van der Waals surface area (Å²) < 4.78 is 2.19. The SMILES string of the molecule is CCn1ccnc1C(Cc1cccs1)NC. The van der Waals surface area contributed by atoms with E-state index in [9.17, 15) is 0 Å². The summed E-state index contributed by atoms with van der Waals surface area (Å²) in [6.45, 7) is 3.11. The molecule has 4 heteroatoms. The van der Waals surface area contributed by atoms with E-state index >= 15 is 0 Å². The number of thiophene rings is 1. The summed E-state index contributed by atoms with van der Waals surface area (Å²) in [5.74, 6) is 1.12. The van der Waals surface area contributed by atoms with Crippen LogP contribution in [0.5, 0.6) is 0 Å². The summed E-state index contributed by atoms with van der Waals surface area (Å²) >= 11 is 1.80. The van der Waals surface area contributed by atoms with E-state index in [4.69, 9.17) is 0 Å². The third-order valence-corrected chi connectivity index (χ3v) is 3.63. The fraction of sp³-hybridized carbons (Fsp3) is 0.417. The van der Waals surface area contributed by atoms with Crippen LogP contribution in [-0.2, 0) is 13.0 Å². The molecule has 0 radical (unpaired) electrons. The standard InChI is InChI=1S/C12H17N3S/c1-3-15-7-6-14-12(15)11(13-2)9-10-5-4-8-16-10/h4-8,11,13H,3,9H2,1-2H3. The molecule has 0 aliphatic rings. The number of rotatable bonds is 5. The number of hydrogen-bond acceptors (Lipinski definition) is 3. The van der Waals surface area contributed by atoms with E-state index in [0.717, 1.165) is 18.8 Å². The number of nitrogens with one attached hydrogen (secondary N) is 1. The van der Waals surface area contributed by atoms with Crippen LogP contribution in [-0.4, -0.2) is 16.6 Å². The second-order valence-electron chi connectivity index (χ2n) is 3.70. The lowest BCUT2D eigenvalue weighted by Crippen LogP contribution is -2.22. The monoisotopic (exact) mass is 235 g/mol. The molecule has 2 aromatic rings. The Balaban J connectivity index is 2.16. The molecule has 0 aromatic carbocycles. The van der Waals surface area contributed by atoms with Gasteiger partial charge in [0.05, 0.1) is 6.04 Å². The molecule has 0 spiro atoms. The van der Waals surface area contributed by atoms with Crippen LogP contribution in [0.3, 0.4) is 0 Å². The van der Waals surface area contributed by atoms with E-state index < -0.39 is 0 Å². The fourth-order valence-electron chi connectivity index (χ4n) is 1.85. The van der Waals surface area contributed by atoms with Gasteiger partial charge in [-0.25, -0.2) is 4.98 Å². The van der Waals surface area contributed by atoms with Gasteiger partial charge in [0, 0.05) is 30.2 Å². The molecule has 1 atom stereocenters. The number of aryl methyl sites for hydroxylation is 1. The third-order valence-electron chi connectivity index (χ3n) is 2.73. The molecule has 2 rings (SSSR count). The highest BCUT2D eigenvalue weighted by Gasteiger charge is 2.15. The van der Waals surface area contributed by atoms with Crippen LogP contribution < -0.4 is 5.32 Å². The lowest BCUT2D eigenvalue weighted by atomic mass is 10.1. The van der Waals surface area contributed by atoms with Gasteiger partial charge < -0.3 is 9.88 Å². The highest BCUT2D eigenvalue weighted by molar-refractivity contribution is 7.09. The minimum absolute atomic E-state index is 0.300. The largest absolute Gasteiger partial charge is 0.334 e. The molecule has 0 amide bonds. The van der Waals surface area contributed by atoms with E-state index in [1.165, 1.54) is 4.88 Å². The lowest BCUT2D eigenvalue weighted by molar-refractivity contribution is 0.526. The second-order valence-corrected chi connectivity index (χ2v) is 4.73. The lowest BCUT2D eigenvalue weighted by Gasteiger charge is -2.16. The van der Waals surface area contributed by atoms with Crippen molar-refractivity contribution in [3.05, 3.63) is 40.6 Å². The van der Waals surface area contributed by atoms with Gasteiger partial charge >= 0.3 is 0 Å². The number of likely N-dealkylation sites (N-methyl/N-ethyl adjacent to an activating group) is 1. The van der Waals surface area contributed by atoms with Gasteiger partial charge in [-0.15, -0.1) is 11.3 Å². The Kier molecular flexibility index (Phi) is 3.74. The average molecular weight is 235 g/mol. The first kappa shape index (κ1) is 11.4. The van der Waals surface area contributed by atoms with E-state index in [0.29, 0.717) is 6.04 Å². The number of nitrogens with zero attached hydrogens (tertiary/aromatic N) is 2. The van der Waals surface area contributed by atoms with Crippen LogP contribution in [0.1, 0.15) is 23.7 Å². The second kappa shape index (κ2) is 5.27. The summed E-state index contributed by atoms with van der Waals surface area (Å²) in [5.41, 5.74) is 0. The van der Waals surface area contributed by atoms with Crippen molar-refractivity contribution in [3.8, 4) is 0 Å². The van der Waals surface area contributed by atoms with Crippen molar-refractivity contribution in [1.29, 1.82) is 0 Å². The van der Waals surface area contributed by atoms with Gasteiger partial charge in [0.15, 0.2) is 0 Å². The van der Waals surface area contributed by atoms with Crippen LogP contribution in [0.15, 0.2) is 29.9 Å². The number of aromatic nitrogens is 2. The van der Waals surface area contributed by atoms with Gasteiger partial charge in [-0.05, 0) is 25.4 Å². The maximum Gasteiger partial charge on any atom is 0.126 e. The maximum absolute atomic E-state index is 4.44. The molecule has 16 heavy (non-hydrogen) atoms. The molecule has 1 N–H and O–H groups in total. The summed E-state index contributed by atoms with van der Waals surface area (Å²) in [7, 11) is 1.99. The molecule has 0 aliphatic carbocycles. The first-order valence-electron chi connectivity index (χ1n) is 5.55. The summed E-state index contributed by atoms with van der Waals surface area (Å²) in [5, 5.41) is 5.46. The Morgan fingerprint density at radius 2 is 2.44 bits per heavy atom. The van der Waals surface area contributed by atoms with Crippen molar-refractivity contribution in [2.24, 2.45) is 0 Å². The van der Waals surface area contributed by atoms with Crippen molar-refractivity contribution in [3.63, 3.8) is 0 Å². The van der Waals surface area contributed by atoms with Gasteiger partial charge in [0.25, 0.3) is 0 Å². The molecule has 1 unspecified atom stereocenters. The third kappa shape index (κ3) is 2.33. The minimum atomic E-state index is 0.300. The van der Waals surface area contributed by atoms with Gasteiger partial charge in [-0.2, -0.15) is 0 Å². The highest BCUT2D eigenvalue weighted by Crippen LogP contribution is 2.19. The Morgan fingerprint density at radius 1 is 1.56 bits per heavy atom. The van der Waals surface area contributed by atoms with Crippen molar-refractivity contribution in [1.82, 2.24) is 14.9 Å². The van der Waals surface area contributed by atoms with Crippen molar-refractivity contribution < 1.29 is 0 Å². The Labute approximate surface area is 100 Å². The van der Waals surface area contributed by atoms with Crippen LogP contribution in [0, 0.1) is 0 Å². The summed E-state index contributed by atoms with van der Waals surface area (Å²) in [4.78, 5) is 5.84.